The van der Waals surface area contributed by atoms with E-state index in [1.165, 1.54) is 51.4 Å². The predicted octanol–water partition coefficient (Wildman–Crippen LogP) is 5.34. The lowest BCUT2D eigenvalue weighted by Gasteiger charge is -2.51. The summed E-state index contributed by atoms with van der Waals surface area (Å²) in [5.41, 5.74) is 0.233. The summed E-state index contributed by atoms with van der Waals surface area (Å²) in [7, 11) is 0. The van der Waals surface area contributed by atoms with Crippen LogP contribution in [0.15, 0.2) is 0 Å². The third-order valence-electron chi connectivity index (χ3n) is 8.74. The van der Waals surface area contributed by atoms with Gasteiger partial charge >= 0.3 is 0 Å². The van der Waals surface area contributed by atoms with Gasteiger partial charge in [-0.2, -0.15) is 0 Å². The Hall–Kier alpha value is -0.160. The molecule has 4 aliphatic rings. The van der Waals surface area contributed by atoms with Gasteiger partial charge in [-0.05, 0) is 56.8 Å². The molecule has 0 aromatic carbocycles. The number of rotatable bonds is 6. The first-order chi connectivity index (χ1) is 13.5. The Morgan fingerprint density at radius 2 is 1.61 bits per heavy atom. The van der Waals surface area contributed by atoms with E-state index in [2.05, 4.69) is 20.8 Å². The Morgan fingerprint density at radius 3 is 2.39 bits per heavy atom. The van der Waals surface area contributed by atoms with Crippen molar-refractivity contribution in [3.63, 3.8) is 0 Å². The summed E-state index contributed by atoms with van der Waals surface area (Å²) in [6.45, 7) is 11.0. The van der Waals surface area contributed by atoms with Crippen LogP contribution in [0.25, 0.3) is 0 Å². The first-order valence-corrected chi connectivity index (χ1v) is 12.0. The molecule has 4 nitrogen and oxygen atoms in total. The molecule has 2 saturated carbocycles. The van der Waals surface area contributed by atoms with Crippen LogP contribution in [0.5, 0.6) is 0 Å². The molecule has 2 saturated heterocycles. The highest BCUT2D eigenvalue weighted by Crippen LogP contribution is 2.64. The van der Waals surface area contributed by atoms with Crippen LogP contribution in [-0.4, -0.2) is 44.4 Å². The van der Waals surface area contributed by atoms with Gasteiger partial charge < -0.3 is 18.9 Å². The maximum Gasteiger partial charge on any atom is 0.174 e. The molecular weight excluding hydrogens is 352 g/mol. The van der Waals surface area contributed by atoms with Crippen LogP contribution >= 0.6 is 0 Å². The van der Waals surface area contributed by atoms with E-state index in [0.717, 1.165) is 63.6 Å². The summed E-state index contributed by atoms with van der Waals surface area (Å²) in [6, 6.07) is 0. The van der Waals surface area contributed by atoms with E-state index in [-0.39, 0.29) is 16.8 Å². The highest BCUT2D eigenvalue weighted by atomic mass is 16.7. The number of hydrogen-bond donors (Lipinski definition) is 0. The van der Waals surface area contributed by atoms with E-state index < -0.39 is 0 Å². The van der Waals surface area contributed by atoms with Gasteiger partial charge in [0, 0.05) is 18.4 Å². The molecule has 4 heteroatoms. The van der Waals surface area contributed by atoms with Crippen molar-refractivity contribution in [2.45, 2.75) is 96.4 Å². The van der Waals surface area contributed by atoms with Gasteiger partial charge in [-0.15, -0.1) is 0 Å². The maximum atomic E-state index is 6.27. The van der Waals surface area contributed by atoms with Crippen molar-refractivity contribution in [3.05, 3.63) is 0 Å². The smallest absolute Gasteiger partial charge is 0.174 e. The van der Waals surface area contributed by atoms with Crippen molar-refractivity contribution in [2.24, 2.45) is 23.2 Å². The average Bonchev–Trinajstić information content (AvgIpc) is 3.20. The Bertz CT molecular complexity index is 507. The normalized spacial score (nSPS) is 43.2. The molecule has 2 aliphatic heterocycles. The molecule has 2 aliphatic carbocycles. The van der Waals surface area contributed by atoms with Gasteiger partial charge in [0.1, 0.15) is 0 Å². The topological polar surface area (TPSA) is 36.9 Å². The third-order valence-corrected chi connectivity index (χ3v) is 8.74. The first-order valence-electron chi connectivity index (χ1n) is 12.0. The Kier molecular flexibility index (Phi) is 6.42. The second-order valence-corrected chi connectivity index (χ2v) is 10.3. The minimum atomic E-state index is -0.268. The number of hydrogen-bond acceptors (Lipinski definition) is 4. The van der Waals surface area contributed by atoms with Crippen molar-refractivity contribution >= 4 is 0 Å². The summed E-state index contributed by atoms with van der Waals surface area (Å²) >= 11 is 0. The minimum absolute atomic E-state index is 0.0167. The second kappa shape index (κ2) is 8.53. The molecule has 0 bridgehead atoms. The van der Waals surface area contributed by atoms with E-state index in [1.807, 2.05) is 0 Å². The van der Waals surface area contributed by atoms with Crippen LogP contribution in [0, 0.1) is 23.2 Å². The van der Waals surface area contributed by atoms with E-state index in [9.17, 15) is 0 Å². The highest BCUT2D eigenvalue weighted by molar-refractivity contribution is 5.08. The third kappa shape index (κ3) is 3.79. The molecule has 28 heavy (non-hydrogen) atoms. The zero-order chi connectivity index (χ0) is 19.7. The number of fused-ring (bicyclic) bond motifs is 2. The SMILES string of the molecule is CCC[C@@H]1C(CCCC2(C)CCOCCO2)CC[C@@]2(C)C1CCC21OCCO1. The van der Waals surface area contributed by atoms with Crippen LogP contribution in [-0.2, 0) is 18.9 Å². The van der Waals surface area contributed by atoms with Gasteiger partial charge in [-0.3, -0.25) is 0 Å². The molecule has 162 valence electrons. The van der Waals surface area contributed by atoms with Crippen LogP contribution in [0.2, 0.25) is 0 Å². The van der Waals surface area contributed by atoms with Crippen molar-refractivity contribution < 1.29 is 18.9 Å². The maximum absolute atomic E-state index is 6.27. The zero-order valence-electron chi connectivity index (χ0n) is 18.5. The van der Waals surface area contributed by atoms with Crippen molar-refractivity contribution in [1.29, 1.82) is 0 Å². The van der Waals surface area contributed by atoms with Gasteiger partial charge in [-0.1, -0.05) is 39.5 Å². The van der Waals surface area contributed by atoms with E-state index in [1.54, 1.807) is 0 Å². The summed E-state index contributed by atoms with van der Waals surface area (Å²) in [5, 5.41) is 0. The van der Waals surface area contributed by atoms with Crippen LogP contribution in [0.1, 0.15) is 85.0 Å². The molecule has 0 amide bonds. The molecule has 0 N–H and O–H groups in total. The predicted molar refractivity (Wildman–Crippen MR) is 110 cm³/mol. The summed E-state index contributed by atoms with van der Waals surface area (Å²) in [5.74, 6) is 2.20. The Balaban J connectivity index is 1.38. The fourth-order valence-electron chi connectivity index (χ4n) is 7.12. The fourth-order valence-corrected chi connectivity index (χ4v) is 7.12. The molecule has 0 radical (unpaired) electrons. The van der Waals surface area contributed by atoms with Crippen LogP contribution in [0.4, 0.5) is 0 Å². The largest absolute Gasteiger partial charge is 0.379 e. The average molecular weight is 395 g/mol. The standard InChI is InChI=1S/C24H42O4/c1-4-6-20-19(7-5-10-22(2)13-14-25-15-16-26-22)8-11-23(3)21(20)9-12-24(23)27-17-18-28-24/h19-21H,4-18H2,1-3H3/t19?,20-,21?,22?,23+/m1/s1. The van der Waals surface area contributed by atoms with Crippen LogP contribution < -0.4 is 0 Å². The molecule has 0 aromatic rings. The minimum Gasteiger partial charge on any atom is -0.379 e. The van der Waals surface area contributed by atoms with Gasteiger partial charge in [-0.25, -0.2) is 0 Å². The molecule has 3 unspecified atom stereocenters. The lowest BCUT2D eigenvalue weighted by Crippen LogP contribution is -2.51. The zero-order valence-corrected chi connectivity index (χ0v) is 18.5. The summed E-state index contributed by atoms with van der Waals surface area (Å²) in [4.78, 5) is 0. The van der Waals surface area contributed by atoms with Crippen molar-refractivity contribution in [1.82, 2.24) is 0 Å². The highest BCUT2D eigenvalue weighted by Gasteiger charge is 2.64. The molecule has 4 rings (SSSR count). The van der Waals surface area contributed by atoms with Gasteiger partial charge in [0.15, 0.2) is 5.79 Å². The van der Waals surface area contributed by atoms with E-state index in [0.29, 0.717) is 0 Å². The lowest BCUT2D eigenvalue weighted by molar-refractivity contribution is -0.239. The molecular formula is C24H42O4. The Labute approximate surface area is 172 Å². The fraction of sp³-hybridized carbons (Fsp3) is 1.00. The monoisotopic (exact) mass is 394 g/mol. The van der Waals surface area contributed by atoms with Gasteiger partial charge in [0.05, 0.1) is 32.0 Å². The summed E-state index contributed by atoms with van der Waals surface area (Å²) in [6.07, 6.45) is 12.5. The Morgan fingerprint density at radius 1 is 0.821 bits per heavy atom. The van der Waals surface area contributed by atoms with Crippen molar-refractivity contribution in [3.8, 4) is 0 Å². The second-order valence-electron chi connectivity index (χ2n) is 10.3. The molecule has 2 heterocycles. The molecule has 5 atom stereocenters. The van der Waals surface area contributed by atoms with Crippen LogP contribution in [0.3, 0.4) is 0 Å². The van der Waals surface area contributed by atoms with Crippen molar-refractivity contribution in [2.75, 3.05) is 33.0 Å². The van der Waals surface area contributed by atoms with E-state index >= 15 is 0 Å². The van der Waals surface area contributed by atoms with Gasteiger partial charge in [0.25, 0.3) is 0 Å². The lowest BCUT2D eigenvalue weighted by atomic mass is 9.57. The molecule has 4 fully saturated rings. The molecule has 0 aromatic heterocycles. The van der Waals surface area contributed by atoms with E-state index in [4.69, 9.17) is 18.9 Å². The molecule has 1 spiro atoms. The number of ether oxygens (including phenoxy) is 4. The first kappa shape index (κ1) is 21.1. The summed E-state index contributed by atoms with van der Waals surface area (Å²) < 4.78 is 24.3. The van der Waals surface area contributed by atoms with Gasteiger partial charge in [0.2, 0.25) is 0 Å². The quantitative estimate of drug-likeness (QED) is 0.609.